The zero-order chi connectivity index (χ0) is 16.8. The zero-order valence-corrected chi connectivity index (χ0v) is 13.9. The maximum Gasteiger partial charge on any atom is 0.243 e. The van der Waals surface area contributed by atoms with Crippen molar-refractivity contribution in [3.8, 4) is 10.6 Å². The van der Waals surface area contributed by atoms with Crippen LogP contribution in [0.15, 0.2) is 35.8 Å². The molecular weight excluding hydrogens is 312 g/mol. The lowest BCUT2D eigenvalue weighted by atomic mass is 10.1. The Morgan fingerprint density at radius 1 is 1.35 bits per heavy atom. The molecule has 0 saturated carbocycles. The first-order chi connectivity index (χ1) is 11.0. The molecule has 122 valence electrons. The molecule has 1 aromatic carbocycles. The number of nitrogens with one attached hydrogen (secondary N) is 2. The standard InChI is InChI=1S/C16H20N4O2S/c1-10(2)14(17)15(22)19-9-13(21)20-12-5-3-4-11(8-12)16-18-6-7-23-16/h3-8,10,14H,9,17H2,1-2H3,(H,19,22)(H,20,21)/t14-/m0/s1. The van der Waals surface area contributed by atoms with Gasteiger partial charge in [0.05, 0.1) is 12.6 Å². The quantitative estimate of drug-likeness (QED) is 0.752. The second-order valence-electron chi connectivity index (χ2n) is 5.45. The van der Waals surface area contributed by atoms with Gasteiger partial charge < -0.3 is 16.4 Å². The minimum atomic E-state index is -0.615. The van der Waals surface area contributed by atoms with E-state index in [1.54, 1.807) is 12.3 Å². The van der Waals surface area contributed by atoms with Crippen molar-refractivity contribution >= 4 is 28.8 Å². The summed E-state index contributed by atoms with van der Waals surface area (Å²) < 4.78 is 0. The maximum absolute atomic E-state index is 11.9. The molecule has 4 N–H and O–H groups in total. The van der Waals surface area contributed by atoms with Gasteiger partial charge in [-0.15, -0.1) is 11.3 Å². The van der Waals surface area contributed by atoms with Gasteiger partial charge in [0.25, 0.3) is 0 Å². The van der Waals surface area contributed by atoms with E-state index < -0.39 is 6.04 Å². The highest BCUT2D eigenvalue weighted by Gasteiger charge is 2.17. The zero-order valence-electron chi connectivity index (χ0n) is 13.1. The van der Waals surface area contributed by atoms with Crippen LogP contribution in [0.3, 0.4) is 0 Å². The summed E-state index contributed by atoms with van der Waals surface area (Å²) in [6.45, 7) is 3.60. The Morgan fingerprint density at radius 2 is 2.13 bits per heavy atom. The van der Waals surface area contributed by atoms with Crippen molar-refractivity contribution in [1.82, 2.24) is 10.3 Å². The minimum Gasteiger partial charge on any atom is -0.346 e. The first-order valence-electron chi connectivity index (χ1n) is 7.30. The normalized spacial score (nSPS) is 12.0. The summed E-state index contributed by atoms with van der Waals surface area (Å²) in [6.07, 6.45) is 1.73. The molecule has 1 heterocycles. The van der Waals surface area contributed by atoms with Crippen LogP contribution >= 0.6 is 11.3 Å². The first-order valence-corrected chi connectivity index (χ1v) is 8.18. The minimum absolute atomic E-state index is 0.0213. The van der Waals surface area contributed by atoms with Crippen molar-refractivity contribution in [2.45, 2.75) is 19.9 Å². The number of carbonyl (C=O) groups excluding carboxylic acids is 2. The lowest BCUT2D eigenvalue weighted by molar-refractivity contribution is -0.125. The van der Waals surface area contributed by atoms with Gasteiger partial charge in [0.2, 0.25) is 11.8 Å². The Labute approximate surface area is 139 Å². The van der Waals surface area contributed by atoms with Gasteiger partial charge in [0.15, 0.2) is 0 Å². The topological polar surface area (TPSA) is 97.1 Å². The molecule has 6 nitrogen and oxygen atoms in total. The van der Waals surface area contributed by atoms with Crippen molar-refractivity contribution in [1.29, 1.82) is 0 Å². The molecule has 0 saturated heterocycles. The Morgan fingerprint density at radius 3 is 2.78 bits per heavy atom. The average molecular weight is 332 g/mol. The molecule has 2 amide bonds. The van der Waals surface area contributed by atoms with Crippen molar-refractivity contribution in [2.24, 2.45) is 11.7 Å². The van der Waals surface area contributed by atoms with Crippen LogP contribution in [-0.2, 0) is 9.59 Å². The van der Waals surface area contributed by atoms with Crippen LogP contribution in [-0.4, -0.2) is 29.4 Å². The molecule has 1 atom stereocenters. The summed E-state index contributed by atoms with van der Waals surface area (Å²) in [5, 5.41) is 8.07. The number of amides is 2. The van der Waals surface area contributed by atoms with Crippen LogP contribution < -0.4 is 16.4 Å². The van der Waals surface area contributed by atoms with E-state index in [0.29, 0.717) is 5.69 Å². The lowest BCUT2D eigenvalue weighted by Gasteiger charge is -2.15. The van der Waals surface area contributed by atoms with Crippen molar-refractivity contribution < 1.29 is 9.59 Å². The molecule has 1 aromatic heterocycles. The summed E-state index contributed by atoms with van der Waals surface area (Å²) in [4.78, 5) is 27.9. The highest BCUT2D eigenvalue weighted by molar-refractivity contribution is 7.13. The van der Waals surface area contributed by atoms with Gasteiger partial charge in [0.1, 0.15) is 5.01 Å². The molecule has 0 aliphatic heterocycles. The van der Waals surface area contributed by atoms with Gasteiger partial charge in [-0.25, -0.2) is 4.98 Å². The Hall–Kier alpha value is -2.25. The van der Waals surface area contributed by atoms with Crippen molar-refractivity contribution in [3.63, 3.8) is 0 Å². The molecular formula is C16H20N4O2S. The number of thiazole rings is 1. The number of nitrogens with two attached hydrogens (primary N) is 1. The summed E-state index contributed by atoms with van der Waals surface area (Å²) >= 11 is 1.53. The van der Waals surface area contributed by atoms with Crippen LogP contribution in [0.25, 0.3) is 10.6 Å². The Kier molecular flexibility index (Phi) is 5.84. The maximum atomic E-state index is 11.9. The number of nitrogens with zero attached hydrogens (tertiary/aromatic N) is 1. The Bertz CT molecular complexity index is 670. The van der Waals surface area contributed by atoms with E-state index in [1.165, 1.54) is 11.3 Å². The van der Waals surface area contributed by atoms with Crippen LogP contribution in [0, 0.1) is 5.92 Å². The third-order valence-corrected chi connectivity index (χ3v) is 4.09. The molecule has 7 heteroatoms. The lowest BCUT2D eigenvalue weighted by Crippen LogP contribution is -2.46. The fourth-order valence-electron chi connectivity index (χ4n) is 1.89. The number of rotatable bonds is 6. The summed E-state index contributed by atoms with van der Waals surface area (Å²) in [5.74, 6) is -0.606. The molecule has 0 radical (unpaired) electrons. The third kappa shape index (κ3) is 4.87. The van der Waals surface area contributed by atoms with E-state index in [0.717, 1.165) is 10.6 Å². The number of anilines is 1. The van der Waals surface area contributed by atoms with Crippen LogP contribution in [0.5, 0.6) is 0 Å². The summed E-state index contributed by atoms with van der Waals surface area (Å²) in [5.41, 5.74) is 7.31. The average Bonchev–Trinajstić information content (AvgIpc) is 3.06. The van der Waals surface area contributed by atoms with Gasteiger partial charge in [-0.05, 0) is 18.1 Å². The summed E-state index contributed by atoms with van der Waals surface area (Å²) in [6, 6.07) is 6.79. The fourth-order valence-corrected chi connectivity index (χ4v) is 2.52. The van der Waals surface area contributed by atoms with Gasteiger partial charge in [0, 0.05) is 22.8 Å². The van der Waals surface area contributed by atoms with Crippen LogP contribution in [0.2, 0.25) is 0 Å². The second-order valence-corrected chi connectivity index (χ2v) is 6.35. The number of hydrogen-bond donors (Lipinski definition) is 3. The molecule has 0 bridgehead atoms. The SMILES string of the molecule is CC(C)[C@H](N)C(=O)NCC(=O)Nc1cccc(-c2nccs2)c1. The molecule has 2 rings (SSSR count). The van der Waals surface area contributed by atoms with Crippen LogP contribution in [0.4, 0.5) is 5.69 Å². The smallest absolute Gasteiger partial charge is 0.243 e. The van der Waals surface area contributed by atoms with Gasteiger partial charge in [-0.1, -0.05) is 26.0 Å². The van der Waals surface area contributed by atoms with E-state index in [2.05, 4.69) is 15.6 Å². The molecule has 0 aliphatic carbocycles. The highest BCUT2D eigenvalue weighted by Crippen LogP contribution is 2.24. The van der Waals surface area contributed by atoms with E-state index in [1.807, 2.05) is 37.4 Å². The van der Waals surface area contributed by atoms with Gasteiger partial charge in [-0.3, -0.25) is 9.59 Å². The number of carbonyl (C=O) groups is 2. The predicted molar refractivity (Wildman–Crippen MR) is 92.0 cm³/mol. The molecule has 0 unspecified atom stereocenters. The molecule has 0 aliphatic rings. The van der Waals surface area contributed by atoms with Gasteiger partial charge >= 0.3 is 0 Å². The van der Waals surface area contributed by atoms with E-state index in [9.17, 15) is 9.59 Å². The van der Waals surface area contributed by atoms with E-state index in [4.69, 9.17) is 5.73 Å². The van der Waals surface area contributed by atoms with E-state index >= 15 is 0 Å². The molecule has 0 spiro atoms. The summed E-state index contributed by atoms with van der Waals surface area (Å²) in [7, 11) is 0. The highest BCUT2D eigenvalue weighted by atomic mass is 32.1. The third-order valence-electron chi connectivity index (χ3n) is 3.27. The Balaban J connectivity index is 1.91. The number of hydrogen-bond acceptors (Lipinski definition) is 5. The predicted octanol–water partition coefficient (Wildman–Crippen LogP) is 1.85. The molecule has 23 heavy (non-hydrogen) atoms. The van der Waals surface area contributed by atoms with Crippen molar-refractivity contribution in [3.05, 3.63) is 35.8 Å². The largest absolute Gasteiger partial charge is 0.346 e. The fraction of sp³-hybridized carbons (Fsp3) is 0.312. The van der Waals surface area contributed by atoms with Gasteiger partial charge in [-0.2, -0.15) is 0 Å². The molecule has 0 fully saturated rings. The second kappa shape index (κ2) is 7.85. The van der Waals surface area contributed by atoms with Crippen molar-refractivity contribution in [2.75, 3.05) is 11.9 Å². The molecule has 2 aromatic rings. The van der Waals surface area contributed by atoms with Crippen LogP contribution in [0.1, 0.15) is 13.8 Å². The van der Waals surface area contributed by atoms with E-state index in [-0.39, 0.29) is 24.3 Å². The number of benzene rings is 1. The monoisotopic (exact) mass is 332 g/mol. The first kappa shape index (κ1) is 17.1. The number of aromatic nitrogens is 1.